The highest BCUT2D eigenvalue weighted by atomic mass is 16.5. The zero-order valence-corrected chi connectivity index (χ0v) is 13.2. The highest BCUT2D eigenvalue weighted by Crippen LogP contribution is 2.24. The summed E-state index contributed by atoms with van der Waals surface area (Å²) in [5.74, 6) is 0. The molecule has 3 rings (SSSR count). The summed E-state index contributed by atoms with van der Waals surface area (Å²) in [4.78, 5) is 2.66. The maximum absolute atomic E-state index is 5.74. The first-order valence-electron chi connectivity index (χ1n) is 8.44. The van der Waals surface area contributed by atoms with Crippen LogP contribution in [0, 0.1) is 0 Å². The Labute approximate surface area is 128 Å². The van der Waals surface area contributed by atoms with Gasteiger partial charge in [0.1, 0.15) is 0 Å². The van der Waals surface area contributed by atoms with Gasteiger partial charge in [-0.05, 0) is 56.8 Å². The van der Waals surface area contributed by atoms with Crippen LogP contribution in [0.5, 0.6) is 0 Å². The van der Waals surface area contributed by atoms with Crippen LogP contribution in [0.1, 0.15) is 36.8 Å². The minimum absolute atomic E-state index is 0.532. The molecule has 0 spiro atoms. The summed E-state index contributed by atoms with van der Waals surface area (Å²) in [6.07, 6.45) is 6.71. The SMILES string of the molecule is CNCC1Cc2ccccc2CN1CCCC1CCCO1. The highest BCUT2D eigenvalue weighted by Gasteiger charge is 2.25. The first-order chi connectivity index (χ1) is 10.4. The number of nitrogens with zero attached hydrogens (tertiary/aromatic N) is 1. The molecular weight excluding hydrogens is 260 g/mol. The van der Waals surface area contributed by atoms with E-state index in [4.69, 9.17) is 4.74 Å². The van der Waals surface area contributed by atoms with E-state index >= 15 is 0 Å². The highest BCUT2D eigenvalue weighted by molar-refractivity contribution is 5.30. The number of hydrogen-bond donors (Lipinski definition) is 1. The van der Waals surface area contributed by atoms with Crippen molar-refractivity contribution in [1.29, 1.82) is 0 Å². The Balaban J connectivity index is 1.56. The van der Waals surface area contributed by atoms with E-state index in [-0.39, 0.29) is 0 Å². The zero-order chi connectivity index (χ0) is 14.5. The standard InChI is InChI=1S/C18H28N2O/c1-19-13-17-12-15-6-2-3-7-16(15)14-20(17)10-4-8-18-9-5-11-21-18/h2-3,6-7,17-19H,4-5,8-14H2,1H3. The topological polar surface area (TPSA) is 24.5 Å². The molecule has 2 aliphatic heterocycles. The van der Waals surface area contributed by atoms with Gasteiger partial charge in [-0.1, -0.05) is 24.3 Å². The van der Waals surface area contributed by atoms with Crippen molar-refractivity contribution in [2.24, 2.45) is 0 Å². The Morgan fingerprint density at radius 3 is 2.90 bits per heavy atom. The molecule has 0 aromatic heterocycles. The predicted molar refractivity (Wildman–Crippen MR) is 86.5 cm³/mol. The van der Waals surface area contributed by atoms with Crippen LogP contribution in [0.2, 0.25) is 0 Å². The Kier molecular flexibility index (Phi) is 5.28. The van der Waals surface area contributed by atoms with Gasteiger partial charge >= 0.3 is 0 Å². The molecule has 0 bridgehead atoms. The van der Waals surface area contributed by atoms with Crippen molar-refractivity contribution in [2.45, 2.75) is 50.8 Å². The average molecular weight is 288 g/mol. The maximum atomic E-state index is 5.74. The number of rotatable bonds is 6. The molecule has 116 valence electrons. The lowest BCUT2D eigenvalue weighted by Crippen LogP contribution is -2.46. The largest absolute Gasteiger partial charge is 0.378 e. The van der Waals surface area contributed by atoms with Crippen molar-refractivity contribution in [3.05, 3.63) is 35.4 Å². The molecule has 1 aromatic rings. The Bertz CT molecular complexity index is 443. The van der Waals surface area contributed by atoms with Crippen LogP contribution in [0.3, 0.4) is 0 Å². The Morgan fingerprint density at radius 2 is 2.14 bits per heavy atom. The van der Waals surface area contributed by atoms with Crippen LogP contribution in [-0.2, 0) is 17.7 Å². The molecule has 1 aromatic carbocycles. The second kappa shape index (κ2) is 7.39. The van der Waals surface area contributed by atoms with E-state index in [1.54, 1.807) is 0 Å². The van der Waals surface area contributed by atoms with Gasteiger partial charge in [0, 0.05) is 25.7 Å². The average Bonchev–Trinajstić information content (AvgIpc) is 3.01. The molecule has 3 nitrogen and oxygen atoms in total. The molecule has 21 heavy (non-hydrogen) atoms. The van der Waals surface area contributed by atoms with Crippen LogP contribution in [0.15, 0.2) is 24.3 Å². The van der Waals surface area contributed by atoms with E-state index < -0.39 is 0 Å². The van der Waals surface area contributed by atoms with Gasteiger partial charge in [-0.3, -0.25) is 4.90 Å². The molecule has 2 atom stereocenters. The van der Waals surface area contributed by atoms with Crippen LogP contribution in [0.25, 0.3) is 0 Å². The van der Waals surface area contributed by atoms with Gasteiger partial charge in [0.05, 0.1) is 6.10 Å². The van der Waals surface area contributed by atoms with Crippen molar-refractivity contribution in [2.75, 3.05) is 26.7 Å². The molecule has 0 saturated carbocycles. The maximum Gasteiger partial charge on any atom is 0.0576 e. The third-order valence-electron chi connectivity index (χ3n) is 4.90. The summed E-state index contributed by atoms with van der Waals surface area (Å²) in [5, 5.41) is 3.36. The van der Waals surface area contributed by atoms with E-state index in [1.807, 2.05) is 0 Å². The zero-order valence-electron chi connectivity index (χ0n) is 13.2. The molecule has 1 saturated heterocycles. The van der Waals surface area contributed by atoms with Crippen LogP contribution in [-0.4, -0.2) is 43.8 Å². The Morgan fingerprint density at radius 1 is 1.29 bits per heavy atom. The molecule has 2 heterocycles. The smallest absolute Gasteiger partial charge is 0.0576 e. The number of benzene rings is 1. The van der Waals surface area contributed by atoms with E-state index in [1.165, 1.54) is 49.8 Å². The quantitative estimate of drug-likeness (QED) is 0.871. The van der Waals surface area contributed by atoms with Gasteiger partial charge in [0.2, 0.25) is 0 Å². The molecule has 1 fully saturated rings. The molecular formula is C18H28N2O. The molecule has 1 N–H and O–H groups in total. The second-order valence-electron chi connectivity index (χ2n) is 6.43. The lowest BCUT2D eigenvalue weighted by atomic mass is 9.93. The van der Waals surface area contributed by atoms with Crippen LogP contribution >= 0.6 is 0 Å². The van der Waals surface area contributed by atoms with E-state index in [0.717, 1.165) is 19.7 Å². The van der Waals surface area contributed by atoms with Gasteiger partial charge < -0.3 is 10.1 Å². The van der Waals surface area contributed by atoms with Gasteiger partial charge in [-0.25, -0.2) is 0 Å². The van der Waals surface area contributed by atoms with E-state index in [9.17, 15) is 0 Å². The fourth-order valence-corrected chi connectivity index (χ4v) is 3.73. The molecule has 0 amide bonds. The summed E-state index contributed by atoms with van der Waals surface area (Å²) >= 11 is 0. The van der Waals surface area contributed by atoms with Crippen molar-refractivity contribution in [3.63, 3.8) is 0 Å². The minimum Gasteiger partial charge on any atom is -0.378 e. The summed E-state index contributed by atoms with van der Waals surface area (Å²) in [5.41, 5.74) is 3.05. The fourth-order valence-electron chi connectivity index (χ4n) is 3.73. The first-order valence-corrected chi connectivity index (χ1v) is 8.44. The molecule has 2 aliphatic rings. The van der Waals surface area contributed by atoms with Crippen molar-refractivity contribution < 1.29 is 4.74 Å². The number of fused-ring (bicyclic) bond motifs is 1. The molecule has 2 unspecified atom stereocenters. The number of likely N-dealkylation sites (N-methyl/N-ethyl adjacent to an activating group) is 1. The fraction of sp³-hybridized carbons (Fsp3) is 0.667. The normalized spacial score (nSPS) is 26.0. The lowest BCUT2D eigenvalue weighted by molar-refractivity contribution is 0.0934. The van der Waals surface area contributed by atoms with Gasteiger partial charge in [0.15, 0.2) is 0 Å². The lowest BCUT2D eigenvalue weighted by Gasteiger charge is -2.37. The van der Waals surface area contributed by atoms with Gasteiger partial charge in [0.25, 0.3) is 0 Å². The van der Waals surface area contributed by atoms with Crippen molar-refractivity contribution in [1.82, 2.24) is 10.2 Å². The minimum atomic E-state index is 0.532. The first kappa shape index (κ1) is 15.0. The van der Waals surface area contributed by atoms with Gasteiger partial charge in [-0.2, -0.15) is 0 Å². The summed E-state index contributed by atoms with van der Waals surface area (Å²) in [6.45, 7) is 4.35. The molecule has 0 radical (unpaired) electrons. The Hall–Kier alpha value is -0.900. The third-order valence-corrected chi connectivity index (χ3v) is 4.90. The van der Waals surface area contributed by atoms with Crippen LogP contribution < -0.4 is 5.32 Å². The predicted octanol–water partition coefficient (Wildman–Crippen LogP) is 2.59. The monoisotopic (exact) mass is 288 g/mol. The third kappa shape index (κ3) is 3.85. The molecule has 0 aliphatic carbocycles. The molecule has 3 heteroatoms. The van der Waals surface area contributed by atoms with E-state index in [2.05, 4.69) is 41.5 Å². The van der Waals surface area contributed by atoms with E-state index in [0.29, 0.717) is 12.1 Å². The number of ether oxygens (including phenoxy) is 1. The second-order valence-corrected chi connectivity index (χ2v) is 6.43. The van der Waals surface area contributed by atoms with Crippen molar-refractivity contribution >= 4 is 0 Å². The summed E-state index contributed by atoms with van der Waals surface area (Å²) < 4.78 is 5.74. The summed E-state index contributed by atoms with van der Waals surface area (Å²) in [7, 11) is 2.06. The van der Waals surface area contributed by atoms with Crippen LogP contribution in [0.4, 0.5) is 0 Å². The summed E-state index contributed by atoms with van der Waals surface area (Å²) in [6, 6.07) is 9.55. The number of nitrogens with one attached hydrogen (secondary N) is 1. The van der Waals surface area contributed by atoms with Crippen molar-refractivity contribution in [3.8, 4) is 0 Å². The van der Waals surface area contributed by atoms with Gasteiger partial charge in [-0.15, -0.1) is 0 Å². The number of hydrogen-bond acceptors (Lipinski definition) is 3.